The van der Waals surface area contributed by atoms with E-state index in [1.165, 1.54) is 12.1 Å². The zero-order valence-corrected chi connectivity index (χ0v) is 14.6. The highest BCUT2D eigenvalue weighted by molar-refractivity contribution is 7.92. The highest BCUT2D eigenvalue weighted by atomic mass is 32.2. The van der Waals surface area contributed by atoms with Crippen LogP contribution in [0.3, 0.4) is 0 Å². The maximum atomic E-state index is 12.5. The van der Waals surface area contributed by atoms with Crippen LogP contribution in [0.25, 0.3) is 0 Å². The van der Waals surface area contributed by atoms with Gasteiger partial charge in [-0.3, -0.25) is 9.52 Å². The fourth-order valence-corrected chi connectivity index (χ4v) is 3.48. The van der Waals surface area contributed by atoms with Gasteiger partial charge in [-0.05, 0) is 37.6 Å². The zero-order valence-electron chi connectivity index (χ0n) is 13.8. The molecule has 2 N–H and O–H groups in total. The van der Waals surface area contributed by atoms with Crippen molar-refractivity contribution in [3.63, 3.8) is 0 Å². The number of para-hydroxylation sites is 1. The van der Waals surface area contributed by atoms with Crippen molar-refractivity contribution in [3.8, 4) is 0 Å². The summed E-state index contributed by atoms with van der Waals surface area (Å²) in [6, 6.07) is 14.7. The summed E-state index contributed by atoms with van der Waals surface area (Å²) < 4.78 is 27.4. The largest absolute Gasteiger partial charge is 0.350 e. The molecule has 0 saturated carbocycles. The first kappa shape index (κ1) is 18.0. The summed E-state index contributed by atoms with van der Waals surface area (Å²) in [5, 5.41) is 2.89. The monoisotopic (exact) mass is 346 g/mol. The maximum absolute atomic E-state index is 12.5. The van der Waals surface area contributed by atoms with Gasteiger partial charge in [0, 0.05) is 6.04 Å². The molecule has 2 aromatic carbocycles. The second-order valence-electron chi connectivity index (χ2n) is 5.63. The Morgan fingerprint density at radius 3 is 2.33 bits per heavy atom. The first-order chi connectivity index (χ1) is 11.4. The SMILES string of the molecule is CCC[C@@H](C)NC(=O)c1ccccc1NS(=O)(=O)c1ccccc1. The van der Waals surface area contributed by atoms with Crippen LogP contribution in [0.15, 0.2) is 59.5 Å². The zero-order chi connectivity index (χ0) is 17.6. The molecule has 0 saturated heterocycles. The van der Waals surface area contributed by atoms with Gasteiger partial charge in [-0.25, -0.2) is 8.42 Å². The van der Waals surface area contributed by atoms with Gasteiger partial charge in [0.05, 0.1) is 16.1 Å². The van der Waals surface area contributed by atoms with Crippen molar-refractivity contribution in [2.45, 2.75) is 37.6 Å². The Hall–Kier alpha value is -2.34. The van der Waals surface area contributed by atoms with Gasteiger partial charge in [0.25, 0.3) is 15.9 Å². The fourth-order valence-electron chi connectivity index (χ4n) is 2.38. The second-order valence-corrected chi connectivity index (χ2v) is 7.31. The van der Waals surface area contributed by atoms with E-state index in [2.05, 4.69) is 10.0 Å². The molecule has 0 aliphatic heterocycles. The van der Waals surface area contributed by atoms with E-state index in [9.17, 15) is 13.2 Å². The van der Waals surface area contributed by atoms with Gasteiger partial charge in [-0.1, -0.05) is 43.7 Å². The van der Waals surface area contributed by atoms with E-state index in [1.54, 1.807) is 42.5 Å². The molecule has 0 aromatic heterocycles. The first-order valence-electron chi connectivity index (χ1n) is 7.92. The van der Waals surface area contributed by atoms with Crippen LogP contribution in [-0.2, 0) is 10.0 Å². The van der Waals surface area contributed by atoms with Crippen LogP contribution in [0.5, 0.6) is 0 Å². The van der Waals surface area contributed by atoms with Gasteiger partial charge in [0.2, 0.25) is 0 Å². The molecule has 0 unspecified atom stereocenters. The smallest absolute Gasteiger partial charge is 0.261 e. The van der Waals surface area contributed by atoms with Gasteiger partial charge in [-0.2, -0.15) is 0 Å². The Balaban J connectivity index is 2.25. The third kappa shape index (κ3) is 4.58. The predicted octanol–water partition coefficient (Wildman–Crippen LogP) is 3.41. The van der Waals surface area contributed by atoms with Gasteiger partial charge >= 0.3 is 0 Å². The van der Waals surface area contributed by atoms with Crippen LogP contribution in [0.1, 0.15) is 37.0 Å². The van der Waals surface area contributed by atoms with E-state index in [-0.39, 0.29) is 22.5 Å². The summed E-state index contributed by atoms with van der Waals surface area (Å²) in [5.41, 5.74) is 0.572. The summed E-state index contributed by atoms with van der Waals surface area (Å²) >= 11 is 0. The Morgan fingerprint density at radius 2 is 1.67 bits per heavy atom. The fraction of sp³-hybridized carbons (Fsp3) is 0.278. The first-order valence-corrected chi connectivity index (χ1v) is 9.40. The van der Waals surface area contributed by atoms with Crippen LogP contribution >= 0.6 is 0 Å². The van der Waals surface area contributed by atoms with E-state index in [1.807, 2.05) is 13.8 Å². The summed E-state index contributed by atoms with van der Waals surface area (Å²) in [6.07, 6.45) is 1.83. The number of sulfonamides is 1. The number of nitrogens with one attached hydrogen (secondary N) is 2. The normalized spacial score (nSPS) is 12.4. The van der Waals surface area contributed by atoms with Crippen LogP contribution < -0.4 is 10.0 Å². The van der Waals surface area contributed by atoms with Crippen LogP contribution in [0.2, 0.25) is 0 Å². The number of hydrogen-bond acceptors (Lipinski definition) is 3. The number of benzene rings is 2. The lowest BCUT2D eigenvalue weighted by molar-refractivity contribution is 0.0939. The number of carbonyl (C=O) groups is 1. The number of anilines is 1. The van der Waals surface area contributed by atoms with Gasteiger partial charge < -0.3 is 5.32 Å². The molecule has 5 nitrogen and oxygen atoms in total. The molecule has 6 heteroatoms. The van der Waals surface area contributed by atoms with Gasteiger partial charge in [-0.15, -0.1) is 0 Å². The third-order valence-electron chi connectivity index (χ3n) is 3.57. The average molecular weight is 346 g/mol. The van der Waals surface area contributed by atoms with E-state index in [0.717, 1.165) is 12.8 Å². The molecular weight excluding hydrogens is 324 g/mol. The molecule has 0 radical (unpaired) electrons. The topological polar surface area (TPSA) is 75.3 Å². The lowest BCUT2D eigenvalue weighted by Crippen LogP contribution is -2.33. The van der Waals surface area contributed by atoms with Crippen LogP contribution in [0, 0.1) is 0 Å². The Morgan fingerprint density at radius 1 is 1.04 bits per heavy atom. The molecule has 0 heterocycles. The second kappa shape index (κ2) is 7.97. The van der Waals surface area contributed by atoms with Crippen molar-refractivity contribution in [1.82, 2.24) is 5.32 Å². The van der Waals surface area contributed by atoms with Crippen LogP contribution in [-0.4, -0.2) is 20.4 Å². The van der Waals surface area contributed by atoms with Crippen molar-refractivity contribution in [2.24, 2.45) is 0 Å². The van der Waals surface area contributed by atoms with Crippen molar-refractivity contribution < 1.29 is 13.2 Å². The van der Waals surface area contributed by atoms with E-state index < -0.39 is 10.0 Å². The van der Waals surface area contributed by atoms with Gasteiger partial charge in [0.15, 0.2) is 0 Å². The molecule has 2 rings (SSSR count). The molecule has 0 aliphatic carbocycles. The molecule has 1 atom stereocenters. The number of rotatable bonds is 7. The third-order valence-corrected chi connectivity index (χ3v) is 4.95. The van der Waals surface area contributed by atoms with Gasteiger partial charge in [0.1, 0.15) is 0 Å². The summed E-state index contributed by atoms with van der Waals surface area (Å²) in [6.45, 7) is 3.97. The summed E-state index contributed by atoms with van der Waals surface area (Å²) in [5.74, 6) is -0.290. The molecule has 0 aliphatic rings. The minimum Gasteiger partial charge on any atom is -0.350 e. The summed E-state index contributed by atoms with van der Waals surface area (Å²) in [4.78, 5) is 12.6. The molecule has 1 amide bonds. The van der Waals surface area contributed by atoms with E-state index in [4.69, 9.17) is 0 Å². The number of hydrogen-bond donors (Lipinski definition) is 2. The highest BCUT2D eigenvalue weighted by Crippen LogP contribution is 2.20. The predicted molar refractivity (Wildman–Crippen MR) is 95.5 cm³/mol. The number of amides is 1. The Kier molecular flexibility index (Phi) is 5.98. The molecule has 2 aromatic rings. The molecule has 0 fully saturated rings. The lowest BCUT2D eigenvalue weighted by Gasteiger charge is -2.16. The van der Waals surface area contributed by atoms with Crippen molar-refractivity contribution >= 4 is 21.6 Å². The molecule has 128 valence electrons. The van der Waals surface area contributed by atoms with Crippen LogP contribution in [0.4, 0.5) is 5.69 Å². The van der Waals surface area contributed by atoms with E-state index in [0.29, 0.717) is 5.56 Å². The Labute approximate surface area is 143 Å². The molecular formula is C18H22N2O3S. The number of carbonyl (C=O) groups excluding carboxylic acids is 1. The average Bonchev–Trinajstić information content (AvgIpc) is 2.56. The molecule has 0 bridgehead atoms. The minimum absolute atomic E-state index is 0.0290. The maximum Gasteiger partial charge on any atom is 0.261 e. The minimum atomic E-state index is -3.74. The molecule has 24 heavy (non-hydrogen) atoms. The quantitative estimate of drug-likeness (QED) is 0.807. The van der Waals surface area contributed by atoms with Crippen molar-refractivity contribution in [2.75, 3.05) is 4.72 Å². The van der Waals surface area contributed by atoms with E-state index >= 15 is 0 Å². The van der Waals surface area contributed by atoms with Crippen molar-refractivity contribution in [3.05, 3.63) is 60.2 Å². The Bertz CT molecular complexity index is 789. The summed E-state index contributed by atoms with van der Waals surface area (Å²) in [7, 11) is -3.74. The molecule has 0 spiro atoms. The highest BCUT2D eigenvalue weighted by Gasteiger charge is 2.19. The lowest BCUT2D eigenvalue weighted by atomic mass is 10.1. The van der Waals surface area contributed by atoms with Crippen molar-refractivity contribution in [1.29, 1.82) is 0 Å². The standard InChI is InChI=1S/C18H22N2O3S/c1-3-9-14(2)19-18(21)16-12-7-8-13-17(16)20-24(22,23)15-10-5-4-6-11-15/h4-8,10-14,20H,3,9H2,1-2H3,(H,19,21)/t14-/m1/s1.